The van der Waals surface area contributed by atoms with Crippen LogP contribution in [0.1, 0.15) is 251 Å². The molecule has 0 heterocycles. The molecule has 18 N–H and O–H groups in total. The summed E-state index contributed by atoms with van der Waals surface area (Å²) in [5.74, 6) is -2.42. The molecule has 0 bridgehead atoms. The third-order valence-corrected chi connectivity index (χ3v) is 16.9. The van der Waals surface area contributed by atoms with Gasteiger partial charge in [-0.05, 0) is 19.8 Å². The zero-order valence-electron chi connectivity index (χ0n) is 59.8. The van der Waals surface area contributed by atoms with Crippen LogP contribution in [0.5, 0.6) is 0 Å². The molecule has 96 heavy (non-hydrogen) atoms. The summed E-state index contributed by atoms with van der Waals surface area (Å²) in [4.78, 5) is 67.6. The van der Waals surface area contributed by atoms with Crippen LogP contribution < -0.4 is 31.7 Å². The molecule has 9 atom stereocenters. The number of carbonyl (C=O) groups excluding carboxylic acids is 5. The van der Waals surface area contributed by atoms with E-state index >= 15 is 0 Å². The molecule has 5 amide bonds. The summed E-state index contributed by atoms with van der Waals surface area (Å²) in [6.45, 7) is 9.25. The maximum Gasteiger partial charge on any atom is 0.251 e. The predicted octanol–water partition coefficient (Wildman–Crippen LogP) is 3.45. The fourth-order valence-corrected chi connectivity index (χ4v) is 10.8. The van der Waals surface area contributed by atoms with E-state index in [-0.39, 0.29) is 50.8 Å². The molecule has 0 fully saturated rings. The zero-order chi connectivity index (χ0) is 71.8. The number of carbonyl (C=O) groups is 5. The molecule has 26 nitrogen and oxygen atoms in total. The van der Waals surface area contributed by atoms with Crippen LogP contribution >= 0.6 is 0 Å². The number of aliphatic hydroxyl groups excluding tert-OH is 10. The Labute approximate surface area is 578 Å². The Morgan fingerprint density at radius 2 is 0.812 bits per heavy atom. The Balaban J connectivity index is 0. The van der Waals surface area contributed by atoms with Crippen molar-refractivity contribution in [2.45, 2.75) is 314 Å². The molecular weight excluding hydrogens is 1240 g/mol. The van der Waals surface area contributed by atoms with Gasteiger partial charge in [-0.3, -0.25) is 24.0 Å². The summed E-state index contributed by atoms with van der Waals surface area (Å²) in [5.41, 5.74) is 0. The minimum Gasteiger partial charge on any atom is -0.394 e. The molecule has 0 aromatic heterocycles. The average molecular weight is 1380 g/mol. The van der Waals surface area contributed by atoms with Gasteiger partial charge in [-0.15, -0.1) is 0 Å². The molecule has 562 valence electrons. The minimum atomic E-state index is -2.21. The fraction of sp³-hybridized carbons (Fsp3) is 0.925. The van der Waals surface area contributed by atoms with Crippen LogP contribution in [0.2, 0.25) is 13.6 Å². The van der Waals surface area contributed by atoms with Crippen LogP contribution in [-0.2, 0) is 28.6 Å². The van der Waals surface area contributed by atoms with Crippen molar-refractivity contribution in [3.63, 3.8) is 0 Å². The monoisotopic (exact) mass is 1380 g/mol. The second-order valence-electron chi connectivity index (χ2n) is 25.9. The zero-order valence-corrected chi connectivity index (χ0v) is 59.8. The molecule has 0 spiro atoms. The van der Waals surface area contributed by atoms with Gasteiger partial charge in [0.05, 0.1) is 13.2 Å². The van der Waals surface area contributed by atoms with Crippen LogP contribution in [0.4, 0.5) is 0 Å². The predicted molar refractivity (Wildman–Crippen MR) is 379 cm³/mol. The first-order chi connectivity index (χ1) is 46.2. The van der Waals surface area contributed by atoms with E-state index in [1.165, 1.54) is 154 Å². The number of amides is 5. The first kappa shape index (κ1) is 94.6. The van der Waals surface area contributed by atoms with E-state index in [2.05, 4.69) is 43.5 Å². The number of hydrogen-bond donors (Lipinski definition) is 18. The van der Waals surface area contributed by atoms with Gasteiger partial charge in [0.15, 0.2) is 12.2 Å². The summed E-state index contributed by atoms with van der Waals surface area (Å²) in [5, 5.41) is 131. The van der Waals surface area contributed by atoms with Crippen molar-refractivity contribution in [3.8, 4) is 0 Å². The molecule has 0 aromatic carbocycles. The van der Waals surface area contributed by atoms with Gasteiger partial charge >= 0.3 is 188 Å². The SMILES string of the molecule is CCCCCCC(CCCCCCNB(C)O)CN=BOCCCCCNB(C)O.CCNC(=O)CCCCCCCCCCCCCCCCCCCCCCCNC(=O)CCC(=O)N(CCNC(=O)[C@@H](O)[C@H](O)[C@@H](O)[C@H](O)CO)CCNC(=O)[C@H](O)[C@@H](O)[C@H](O)[C@@H](O)CO. The molecule has 0 rings (SSSR count). The Kier molecular flexibility index (Phi) is 66.5. The molecule has 0 aliphatic carbocycles. The summed E-state index contributed by atoms with van der Waals surface area (Å²) >= 11 is 0. The number of aliphatic hydroxyl groups is 10. The van der Waals surface area contributed by atoms with Crippen molar-refractivity contribution in [2.24, 2.45) is 10.8 Å². The largest absolute Gasteiger partial charge is 0.394 e. The summed E-state index contributed by atoms with van der Waals surface area (Å²) < 4.78 is 5.56. The molecule has 29 heteroatoms. The topological polar surface area (TPSA) is 425 Å². The fourth-order valence-electron chi connectivity index (χ4n) is 10.8. The standard InChI is InChI=1S/C46H89N5O15.C21H48B3N3O3/c1-2-47-36(56)24-22-20-18-16-14-12-10-8-6-4-3-5-7-9-11-13-15-17-19-21-23-27-48-37(57)25-26-38(58)51(30-28-49-45(65)43(63)41(61)39(59)34(54)32-52)31-29-50-46(66)44(64)42(62)40(60)35(55)33-53;1-4-5-6-10-15-21(16-11-7-8-12-17-26-23(2)28)20-25-22-30-19-14-9-13-18-27-24(3)29/h34-35,39-44,52-55,59-64H,2-33H2,1H3,(H,47,56)(H,48,57)(H,49,65)(H,50,66);21,26-29H,4-20H2,1-3H3/t34-,35+,39+,40-,41-,42+,43+,44-;. The Bertz CT molecular complexity index is 1820. The molecular formula is C67H137B3N8O18. The maximum atomic E-state index is 13.1. The molecule has 0 aliphatic rings. The Morgan fingerprint density at radius 1 is 0.438 bits per heavy atom. The average Bonchev–Trinajstić information content (AvgIpc) is 1.08. The quantitative estimate of drug-likeness (QED) is 0.0306. The Morgan fingerprint density at radius 3 is 1.22 bits per heavy atom. The van der Waals surface area contributed by atoms with Crippen molar-refractivity contribution in [1.82, 2.24) is 36.6 Å². The normalized spacial score (nSPS) is 14.2. The second-order valence-corrected chi connectivity index (χ2v) is 25.9. The molecule has 0 aliphatic heterocycles. The van der Waals surface area contributed by atoms with E-state index in [0.29, 0.717) is 25.4 Å². The first-order valence-electron chi connectivity index (χ1n) is 37.1. The van der Waals surface area contributed by atoms with E-state index in [4.69, 9.17) is 19.9 Å². The summed E-state index contributed by atoms with van der Waals surface area (Å²) in [6.07, 6.45) is 25.0. The Hall–Kier alpha value is -3.42. The van der Waals surface area contributed by atoms with Gasteiger partial charge in [0.25, 0.3) is 11.8 Å². The molecule has 0 saturated heterocycles. The smallest absolute Gasteiger partial charge is 0.251 e. The maximum absolute atomic E-state index is 13.1. The number of unbranched alkanes of at least 4 members (excludes halogenated alkanes) is 28. The number of rotatable bonds is 67. The van der Waals surface area contributed by atoms with Gasteiger partial charge in [-0.25, -0.2) is 0 Å². The number of nitrogens with zero attached hydrogens (tertiary/aromatic N) is 2. The summed E-state index contributed by atoms with van der Waals surface area (Å²) in [6, 6.07) is 0. The van der Waals surface area contributed by atoms with Crippen molar-refractivity contribution < 1.29 is 89.7 Å². The van der Waals surface area contributed by atoms with Gasteiger partial charge in [-0.1, -0.05) is 122 Å². The van der Waals surface area contributed by atoms with Crippen LogP contribution in [0.15, 0.2) is 4.90 Å². The van der Waals surface area contributed by atoms with Crippen LogP contribution in [0.3, 0.4) is 0 Å². The van der Waals surface area contributed by atoms with Crippen molar-refractivity contribution in [1.29, 1.82) is 0 Å². The van der Waals surface area contributed by atoms with Gasteiger partial charge in [0.1, 0.15) is 36.6 Å². The van der Waals surface area contributed by atoms with E-state index in [0.717, 1.165) is 95.3 Å². The van der Waals surface area contributed by atoms with Gasteiger partial charge in [-0.2, -0.15) is 0 Å². The molecule has 1 unspecified atom stereocenters. The first-order valence-corrected chi connectivity index (χ1v) is 37.1. The van der Waals surface area contributed by atoms with Gasteiger partial charge < -0.3 is 77.2 Å². The van der Waals surface area contributed by atoms with Gasteiger partial charge in [0.2, 0.25) is 17.7 Å². The molecule has 0 aromatic rings. The third kappa shape index (κ3) is 57.4. The van der Waals surface area contributed by atoms with Crippen molar-refractivity contribution in [2.75, 3.05) is 78.7 Å². The molecule has 0 saturated carbocycles. The van der Waals surface area contributed by atoms with E-state index in [9.17, 15) is 69.8 Å². The number of nitrogens with one attached hydrogen (secondary N) is 6. The van der Waals surface area contributed by atoms with Gasteiger partial charge in [0, 0.05) is 58.5 Å². The number of hydrogen-bond acceptors (Lipinski definition) is 21. The van der Waals surface area contributed by atoms with Crippen LogP contribution in [-0.4, -0.2) is 244 Å². The van der Waals surface area contributed by atoms with Crippen molar-refractivity contribution in [3.05, 3.63) is 0 Å². The second kappa shape index (κ2) is 67.4. The van der Waals surface area contributed by atoms with E-state index in [1.807, 2.05) is 6.92 Å². The molecule has 0 radical (unpaired) electrons. The van der Waals surface area contributed by atoms with E-state index < -0.39 is 93.9 Å². The summed E-state index contributed by atoms with van der Waals surface area (Å²) in [7, 11) is 0.842. The van der Waals surface area contributed by atoms with Crippen molar-refractivity contribution >= 4 is 50.9 Å². The third-order valence-electron chi connectivity index (χ3n) is 16.9. The minimum absolute atomic E-state index is 0.162. The van der Waals surface area contributed by atoms with Crippen LogP contribution in [0.25, 0.3) is 0 Å². The van der Waals surface area contributed by atoms with E-state index in [1.54, 1.807) is 20.9 Å². The van der Waals surface area contributed by atoms with Crippen LogP contribution in [0, 0.1) is 5.92 Å².